The van der Waals surface area contributed by atoms with Crippen molar-refractivity contribution in [3.05, 3.63) is 29.8 Å². The molecule has 3 atom stereocenters. The molecule has 5 heteroatoms. The van der Waals surface area contributed by atoms with Crippen molar-refractivity contribution in [3.63, 3.8) is 0 Å². The first kappa shape index (κ1) is 17.0. The van der Waals surface area contributed by atoms with Crippen LogP contribution in [0.2, 0.25) is 0 Å². The van der Waals surface area contributed by atoms with Crippen LogP contribution in [0.3, 0.4) is 0 Å². The minimum Gasteiger partial charge on any atom is -0.315 e. The predicted molar refractivity (Wildman–Crippen MR) is 94.0 cm³/mol. The predicted octanol–water partition coefficient (Wildman–Crippen LogP) is 1.96. The maximum absolute atomic E-state index is 12.9. The van der Waals surface area contributed by atoms with E-state index in [4.69, 9.17) is 0 Å². The molecular formula is C19H28N3O2+. The Balaban J connectivity index is 1.78. The Kier molecular flexibility index (Phi) is 4.90. The number of rotatable bonds is 4. The topological polar surface area (TPSA) is 45.1 Å². The van der Waals surface area contributed by atoms with Gasteiger partial charge >= 0.3 is 6.03 Å². The Bertz CT molecular complexity index is 614. The molecule has 2 fully saturated rings. The van der Waals surface area contributed by atoms with Gasteiger partial charge in [-0.1, -0.05) is 24.6 Å². The van der Waals surface area contributed by atoms with E-state index >= 15 is 0 Å². The molecule has 0 aliphatic carbocycles. The van der Waals surface area contributed by atoms with E-state index in [1.54, 1.807) is 4.90 Å². The first-order valence-electron chi connectivity index (χ1n) is 9.08. The number of likely N-dealkylation sites (tertiary alicyclic amines) is 1. The third kappa shape index (κ3) is 3.05. The van der Waals surface area contributed by atoms with Gasteiger partial charge in [-0.25, -0.2) is 9.69 Å². The number of benzene rings is 1. The lowest BCUT2D eigenvalue weighted by Gasteiger charge is -2.33. The fourth-order valence-corrected chi connectivity index (χ4v) is 3.97. The highest BCUT2D eigenvalue weighted by Gasteiger charge is 2.45. The van der Waals surface area contributed by atoms with Gasteiger partial charge in [-0.15, -0.1) is 0 Å². The molecule has 0 aromatic heterocycles. The number of anilines is 1. The fraction of sp³-hybridized carbons (Fsp3) is 0.579. The van der Waals surface area contributed by atoms with E-state index in [0.29, 0.717) is 12.7 Å². The summed E-state index contributed by atoms with van der Waals surface area (Å²) in [4.78, 5) is 30.1. The van der Waals surface area contributed by atoms with E-state index in [0.717, 1.165) is 24.2 Å². The van der Waals surface area contributed by atoms with E-state index in [1.165, 1.54) is 29.1 Å². The molecule has 0 spiro atoms. The second kappa shape index (κ2) is 6.93. The molecule has 1 unspecified atom stereocenters. The number of piperidine rings is 1. The second-order valence-corrected chi connectivity index (χ2v) is 7.10. The normalized spacial score (nSPS) is 27.9. The maximum Gasteiger partial charge on any atom is 0.336 e. The lowest BCUT2D eigenvalue weighted by atomic mass is 10.0. The van der Waals surface area contributed by atoms with E-state index in [-0.39, 0.29) is 11.9 Å². The van der Waals surface area contributed by atoms with Gasteiger partial charge in [0.25, 0.3) is 5.91 Å². The third-order valence-corrected chi connectivity index (χ3v) is 5.49. The zero-order valence-electron chi connectivity index (χ0n) is 14.9. The number of nitrogens with one attached hydrogen (secondary N) is 1. The molecule has 0 saturated carbocycles. The van der Waals surface area contributed by atoms with Gasteiger partial charge in [0.15, 0.2) is 6.67 Å². The van der Waals surface area contributed by atoms with Crippen LogP contribution in [-0.2, 0) is 4.79 Å². The molecule has 130 valence electrons. The zero-order chi connectivity index (χ0) is 17.3. The summed E-state index contributed by atoms with van der Waals surface area (Å²) in [5.41, 5.74) is 1.94. The van der Waals surface area contributed by atoms with Crippen LogP contribution in [0.25, 0.3) is 0 Å². The van der Waals surface area contributed by atoms with Gasteiger partial charge in [-0.2, -0.15) is 0 Å². The number of carbonyl (C=O) groups is 2. The van der Waals surface area contributed by atoms with Gasteiger partial charge in [0.2, 0.25) is 0 Å². The van der Waals surface area contributed by atoms with Crippen molar-refractivity contribution < 1.29 is 14.5 Å². The number of quaternary nitrogens is 1. The number of nitrogens with zero attached hydrogens (tertiary/aromatic N) is 2. The Labute approximate surface area is 144 Å². The van der Waals surface area contributed by atoms with E-state index in [9.17, 15) is 9.59 Å². The monoisotopic (exact) mass is 330 g/mol. The van der Waals surface area contributed by atoms with E-state index in [1.807, 2.05) is 38.1 Å². The van der Waals surface area contributed by atoms with Gasteiger partial charge in [0.1, 0.15) is 6.04 Å². The molecule has 1 N–H and O–H groups in total. The summed E-state index contributed by atoms with van der Waals surface area (Å²) in [7, 11) is 0. The summed E-state index contributed by atoms with van der Waals surface area (Å²) >= 11 is 0. The van der Waals surface area contributed by atoms with Crippen molar-refractivity contribution in [1.29, 1.82) is 0 Å². The molecule has 5 nitrogen and oxygen atoms in total. The quantitative estimate of drug-likeness (QED) is 0.858. The Morgan fingerprint density at radius 2 is 1.88 bits per heavy atom. The molecule has 1 aromatic carbocycles. The lowest BCUT2D eigenvalue weighted by molar-refractivity contribution is -0.937. The van der Waals surface area contributed by atoms with Gasteiger partial charge in [-0.05, 0) is 51.7 Å². The molecule has 3 rings (SSSR count). The van der Waals surface area contributed by atoms with Crippen molar-refractivity contribution in [1.82, 2.24) is 4.90 Å². The first-order valence-corrected chi connectivity index (χ1v) is 9.08. The maximum atomic E-state index is 12.9. The zero-order valence-corrected chi connectivity index (χ0v) is 14.9. The molecule has 0 bridgehead atoms. The first-order chi connectivity index (χ1) is 11.5. The van der Waals surface area contributed by atoms with Crippen LogP contribution >= 0.6 is 0 Å². The van der Waals surface area contributed by atoms with Crippen molar-refractivity contribution in [2.75, 3.05) is 18.1 Å². The van der Waals surface area contributed by atoms with Crippen molar-refractivity contribution in [2.24, 2.45) is 0 Å². The third-order valence-electron chi connectivity index (χ3n) is 5.49. The number of imide groups is 1. The second-order valence-electron chi connectivity index (χ2n) is 7.10. The number of carbonyl (C=O) groups excluding carboxylic acids is 2. The summed E-state index contributed by atoms with van der Waals surface area (Å²) in [5.74, 6) is -0.0755. The van der Waals surface area contributed by atoms with Crippen LogP contribution in [-0.4, -0.2) is 42.1 Å². The van der Waals surface area contributed by atoms with Crippen molar-refractivity contribution >= 4 is 17.6 Å². The Morgan fingerprint density at radius 1 is 1.17 bits per heavy atom. The minimum absolute atomic E-state index is 0.0755. The van der Waals surface area contributed by atoms with Crippen molar-refractivity contribution in [3.8, 4) is 0 Å². The number of aryl methyl sites for hydroxylation is 1. The average molecular weight is 330 g/mol. The molecule has 2 saturated heterocycles. The largest absolute Gasteiger partial charge is 0.336 e. The summed E-state index contributed by atoms with van der Waals surface area (Å²) in [6.45, 7) is 7.59. The highest BCUT2D eigenvalue weighted by atomic mass is 16.2. The van der Waals surface area contributed by atoms with Crippen LogP contribution < -0.4 is 9.80 Å². The molecule has 2 aliphatic heterocycles. The summed E-state index contributed by atoms with van der Waals surface area (Å²) in [5, 5.41) is 0. The van der Waals surface area contributed by atoms with Crippen LogP contribution in [0.15, 0.2) is 24.3 Å². The lowest BCUT2D eigenvalue weighted by Crippen LogP contribution is -3.18. The van der Waals surface area contributed by atoms with E-state index < -0.39 is 6.04 Å². The molecule has 2 aliphatic rings. The van der Waals surface area contributed by atoms with Crippen LogP contribution in [0.1, 0.15) is 45.1 Å². The SMILES string of the molecule is CC[C@@H]1CCCC[NH+]1CN1C(=O)[C@H](C)N(c2ccc(C)cc2)C1=O. The highest BCUT2D eigenvalue weighted by molar-refractivity contribution is 6.13. The van der Waals surface area contributed by atoms with Crippen LogP contribution in [0.5, 0.6) is 0 Å². The Morgan fingerprint density at radius 3 is 2.54 bits per heavy atom. The van der Waals surface area contributed by atoms with Crippen LogP contribution in [0.4, 0.5) is 10.5 Å². The number of amides is 3. The molecule has 24 heavy (non-hydrogen) atoms. The highest BCUT2D eigenvalue weighted by Crippen LogP contribution is 2.25. The van der Waals surface area contributed by atoms with Gasteiger partial charge in [-0.3, -0.25) is 9.69 Å². The number of urea groups is 1. The molecule has 3 amide bonds. The van der Waals surface area contributed by atoms with Gasteiger partial charge in [0.05, 0.1) is 12.6 Å². The molecule has 0 radical (unpaired) electrons. The number of hydrogen-bond acceptors (Lipinski definition) is 2. The smallest absolute Gasteiger partial charge is 0.315 e. The molecule has 2 heterocycles. The summed E-state index contributed by atoms with van der Waals surface area (Å²) in [6.07, 6.45) is 4.73. The Hall–Kier alpha value is -1.88. The average Bonchev–Trinajstić information content (AvgIpc) is 2.80. The van der Waals surface area contributed by atoms with Crippen LogP contribution in [0, 0.1) is 6.92 Å². The molecule has 1 aromatic rings. The number of hydrogen-bond donors (Lipinski definition) is 1. The standard InChI is InChI=1S/C19H27N3O2/c1-4-16-7-5-6-12-20(16)13-21-18(23)15(3)22(19(21)24)17-10-8-14(2)9-11-17/h8-11,15-16H,4-7,12-13H2,1-3H3/p+1/t15-,16+/m0/s1. The van der Waals surface area contributed by atoms with Crippen molar-refractivity contribution in [2.45, 2.75) is 58.5 Å². The van der Waals surface area contributed by atoms with Gasteiger partial charge in [0, 0.05) is 5.69 Å². The summed E-state index contributed by atoms with van der Waals surface area (Å²) < 4.78 is 0. The fourth-order valence-electron chi connectivity index (χ4n) is 3.97. The minimum atomic E-state index is -0.426. The van der Waals surface area contributed by atoms with E-state index in [2.05, 4.69) is 6.92 Å². The summed E-state index contributed by atoms with van der Waals surface area (Å²) in [6, 6.07) is 7.75. The molecular weight excluding hydrogens is 302 g/mol. The van der Waals surface area contributed by atoms with Gasteiger partial charge < -0.3 is 4.90 Å².